The summed E-state index contributed by atoms with van der Waals surface area (Å²) >= 11 is 0. The summed E-state index contributed by atoms with van der Waals surface area (Å²) in [5, 5.41) is 20.5. The molecule has 0 bridgehead atoms. The molecule has 2 N–H and O–H groups in total. The number of hydrogen-bond donors (Lipinski definition) is 2. The van der Waals surface area contributed by atoms with Crippen molar-refractivity contribution in [1.82, 2.24) is 19.6 Å². The average Bonchev–Trinajstić information content (AvgIpc) is 2.70. The fourth-order valence-electron chi connectivity index (χ4n) is 1.53. The van der Waals surface area contributed by atoms with Crippen LogP contribution in [0.15, 0.2) is 12.4 Å². The predicted octanol–water partition coefficient (Wildman–Crippen LogP) is -0.148. The second kappa shape index (κ2) is 5.07. The maximum atomic E-state index is 9.53. The lowest BCUT2D eigenvalue weighted by Gasteiger charge is -2.11. The molecular weight excluding hydrogens is 222 g/mol. The minimum absolute atomic E-state index is 0.280. The number of rotatable bonds is 5. The standard InChI is InChI=1S/C10H15N5O2/c1-7-13-14-10-9(11-3-4-15(7)10)12-5-8(16)6-17-2/h3-4,8,16H,5-6H2,1-2H3,(H,11,12). The minimum atomic E-state index is -0.578. The quantitative estimate of drug-likeness (QED) is 0.752. The molecule has 7 heteroatoms. The Balaban J connectivity index is 2.13. The van der Waals surface area contributed by atoms with E-state index in [4.69, 9.17) is 4.74 Å². The first kappa shape index (κ1) is 11.7. The number of methoxy groups -OCH3 is 1. The third-order valence-electron chi connectivity index (χ3n) is 2.36. The van der Waals surface area contributed by atoms with Gasteiger partial charge in [0.2, 0.25) is 5.65 Å². The Bertz CT molecular complexity index is 498. The van der Waals surface area contributed by atoms with Crippen LogP contribution in [-0.4, -0.2) is 51.1 Å². The third kappa shape index (κ3) is 2.51. The molecule has 0 aromatic carbocycles. The first-order valence-corrected chi connectivity index (χ1v) is 5.29. The molecule has 2 heterocycles. The average molecular weight is 237 g/mol. The highest BCUT2D eigenvalue weighted by atomic mass is 16.5. The number of ether oxygens (including phenoxy) is 1. The molecule has 1 atom stereocenters. The Morgan fingerprint density at radius 2 is 2.35 bits per heavy atom. The summed E-state index contributed by atoms with van der Waals surface area (Å²) in [5.41, 5.74) is 0.648. The van der Waals surface area contributed by atoms with Crippen LogP contribution in [0.2, 0.25) is 0 Å². The number of fused-ring (bicyclic) bond motifs is 1. The molecule has 0 amide bonds. The summed E-state index contributed by atoms with van der Waals surface area (Å²) in [6, 6.07) is 0. The van der Waals surface area contributed by atoms with Gasteiger partial charge in [-0.3, -0.25) is 4.40 Å². The molecule has 2 rings (SSSR count). The van der Waals surface area contributed by atoms with E-state index in [1.165, 1.54) is 0 Å². The summed E-state index contributed by atoms with van der Waals surface area (Å²) in [6.07, 6.45) is 2.88. The van der Waals surface area contributed by atoms with E-state index < -0.39 is 6.10 Å². The van der Waals surface area contributed by atoms with Crippen LogP contribution in [0.4, 0.5) is 5.82 Å². The molecule has 0 saturated carbocycles. The third-order valence-corrected chi connectivity index (χ3v) is 2.36. The molecule has 7 nitrogen and oxygen atoms in total. The summed E-state index contributed by atoms with van der Waals surface area (Å²) in [5.74, 6) is 1.39. The van der Waals surface area contributed by atoms with E-state index in [1.54, 1.807) is 19.5 Å². The molecule has 1 unspecified atom stereocenters. The zero-order valence-corrected chi connectivity index (χ0v) is 9.79. The summed E-state index contributed by atoms with van der Waals surface area (Å²) in [7, 11) is 1.55. The zero-order valence-electron chi connectivity index (χ0n) is 9.79. The Hall–Kier alpha value is -1.73. The van der Waals surface area contributed by atoms with E-state index in [0.29, 0.717) is 18.0 Å². The van der Waals surface area contributed by atoms with E-state index in [1.807, 2.05) is 11.3 Å². The van der Waals surface area contributed by atoms with Gasteiger partial charge < -0.3 is 15.2 Å². The van der Waals surface area contributed by atoms with Crippen LogP contribution in [0.1, 0.15) is 5.82 Å². The summed E-state index contributed by atoms with van der Waals surface area (Å²) in [6.45, 7) is 2.50. The number of nitrogens with zero attached hydrogens (tertiary/aromatic N) is 4. The zero-order chi connectivity index (χ0) is 12.3. The molecule has 0 radical (unpaired) electrons. The summed E-state index contributed by atoms with van der Waals surface area (Å²) < 4.78 is 6.67. The highest BCUT2D eigenvalue weighted by molar-refractivity contribution is 5.61. The van der Waals surface area contributed by atoms with Gasteiger partial charge in [-0.2, -0.15) is 0 Å². The van der Waals surface area contributed by atoms with Gasteiger partial charge in [0.15, 0.2) is 5.82 Å². The molecule has 0 spiro atoms. The van der Waals surface area contributed by atoms with E-state index in [0.717, 1.165) is 5.82 Å². The Kier molecular flexibility index (Phi) is 3.50. The van der Waals surface area contributed by atoms with Gasteiger partial charge in [-0.1, -0.05) is 0 Å². The molecule has 0 saturated heterocycles. The van der Waals surface area contributed by atoms with Crippen LogP contribution < -0.4 is 5.32 Å². The molecule has 17 heavy (non-hydrogen) atoms. The molecule has 0 aliphatic heterocycles. The predicted molar refractivity (Wildman–Crippen MR) is 61.9 cm³/mol. The highest BCUT2D eigenvalue weighted by Gasteiger charge is 2.09. The molecule has 0 fully saturated rings. The van der Waals surface area contributed by atoms with Crippen molar-refractivity contribution < 1.29 is 9.84 Å². The van der Waals surface area contributed by atoms with Gasteiger partial charge in [-0.25, -0.2) is 4.98 Å². The van der Waals surface area contributed by atoms with Crippen molar-refractivity contribution in [2.45, 2.75) is 13.0 Å². The number of aliphatic hydroxyl groups excluding tert-OH is 1. The second-order valence-corrected chi connectivity index (χ2v) is 3.71. The van der Waals surface area contributed by atoms with Crippen LogP contribution in [0.25, 0.3) is 5.65 Å². The topological polar surface area (TPSA) is 84.6 Å². The fraction of sp³-hybridized carbons (Fsp3) is 0.500. The van der Waals surface area contributed by atoms with Crippen molar-refractivity contribution in [1.29, 1.82) is 0 Å². The lowest BCUT2D eigenvalue weighted by atomic mass is 10.4. The van der Waals surface area contributed by atoms with Crippen LogP contribution in [-0.2, 0) is 4.74 Å². The fourth-order valence-corrected chi connectivity index (χ4v) is 1.53. The van der Waals surface area contributed by atoms with Gasteiger partial charge in [-0.05, 0) is 6.92 Å². The van der Waals surface area contributed by atoms with Gasteiger partial charge in [0, 0.05) is 26.0 Å². The van der Waals surface area contributed by atoms with Crippen molar-refractivity contribution >= 4 is 11.5 Å². The molecule has 2 aromatic rings. The monoisotopic (exact) mass is 237 g/mol. The van der Waals surface area contributed by atoms with Crippen molar-refractivity contribution in [3.63, 3.8) is 0 Å². The van der Waals surface area contributed by atoms with Gasteiger partial charge in [0.05, 0.1) is 12.7 Å². The molecule has 0 aliphatic rings. The lowest BCUT2D eigenvalue weighted by Crippen LogP contribution is -2.24. The van der Waals surface area contributed by atoms with Crippen LogP contribution in [0, 0.1) is 6.92 Å². The van der Waals surface area contributed by atoms with Crippen molar-refractivity contribution in [2.24, 2.45) is 0 Å². The van der Waals surface area contributed by atoms with Crippen molar-refractivity contribution in [3.8, 4) is 0 Å². The Morgan fingerprint density at radius 3 is 3.12 bits per heavy atom. The van der Waals surface area contributed by atoms with Crippen LogP contribution in [0.3, 0.4) is 0 Å². The summed E-state index contributed by atoms with van der Waals surface area (Å²) in [4.78, 5) is 4.17. The first-order chi connectivity index (χ1) is 8.22. The van der Waals surface area contributed by atoms with E-state index in [-0.39, 0.29) is 6.61 Å². The highest BCUT2D eigenvalue weighted by Crippen LogP contribution is 2.11. The number of nitrogens with one attached hydrogen (secondary N) is 1. The SMILES string of the molecule is COCC(O)CNc1nccn2c(C)nnc12. The van der Waals surface area contributed by atoms with Gasteiger partial charge in [0.1, 0.15) is 5.82 Å². The Morgan fingerprint density at radius 1 is 1.53 bits per heavy atom. The number of aliphatic hydroxyl groups is 1. The van der Waals surface area contributed by atoms with E-state index in [9.17, 15) is 5.11 Å². The maximum absolute atomic E-state index is 9.53. The molecule has 92 valence electrons. The van der Waals surface area contributed by atoms with Crippen molar-refractivity contribution in [3.05, 3.63) is 18.2 Å². The number of aromatic nitrogens is 4. The van der Waals surface area contributed by atoms with Crippen LogP contribution >= 0.6 is 0 Å². The lowest BCUT2D eigenvalue weighted by molar-refractivity contribution is 0.0727. The number of hydrogen-bond acceptors (Lipinski definition) is 6. The van der Waals surface area contributed by atoms with Gasteiger partial charge in [-0.15, -0.1) is 10.2 Å². The van der Waals surface area contributed by atoms with Crippen molar-refractivity contribution in [2.75, 3.05) is 25.6 Å². The smallest absolute Gasteiger partial charge is 0.203 e. The van der Waals surface area contributed by atoms with Crippen LogP contribution in [0.5, 0.6) is 0 Å². The first-order valence-electron chi connectivity index (χ1n) is 5.29. The Labute approximate surface area is 98.5 Å². The van der Waals surface area contributed by atoms with E-state index in [2.05, 4.69) is 20.5 Å². The largest absolute Gasteiger partial charge is 0.389 e. The number of aryl methyl sites for hydroxylation is 1. The molecule has 2 aromatic heterocycles. The normalized spacial score (nSPS) is 12.9. The second-order valence-electron chi connectivity index (χ2n) is 3.71. The van der Waals surface area contributed by atoms with E-state index >= 15 is 0 Å². The molecular formula is C10H15N5O2. The minimum Gasteiger partial charge on any atom is -0.389 e. The van der Waals surface area contributed by atoms with Gasteiger partial charge in [0.25, 0.3) is 0 Å². The molecule has 0 aliphatic carbocycles. The maximum Gasteiger partial charge on any atom is 0.203 e. The number of anilines is 1. The van der Waals surface area contributed by atoms with Gasteiger partial charge >= 0.3 is 0 Å².